The highest BCUT2D eigenvalue weighted by Crippen LogP contribution is 2.36. The molecule has 2 unspecified atom stereocenters. The Morgan fingerprint density at radius 1 is 1.25 bits per heavy atom. The molecule has 0 radical (unpaired) electrons. The zero-order valence-corrected chi connectivity index (χ0v) is 12.4. The van der Waals surface area contributed by atoms with Gasteiger partial charge in [0.05, 0.1) is 11.4 Å². The Morgan fingerprint density at radius 3 is 2.65 bits per heavy atom. The number of carbonyl (C=O) groups is 1. The summed E-state index contributed by atoms with van der Waals surface area (Å²) in [5.41, 5.74) is 7.89. The number of piperidine rings is 1. The van der Waals surface area contributed by atoms with Crippen molar-refractivity contribution in [3.05, 3.63) is 11.4 Å². The molecule has 0 aromatic carbocycles. The zero-order chi connectivity index (χ0) is 14.3. The summed E-state index contributed by atoms with van der Waals surface area (Å²) in [4.78, 5) is 15.0. The van der Waals surface area contributed by atoms with Crippen LogP contribution in [0.15, 0.2) is 0 Å². The minimum Gasteiger partial charge on any atom is -0.395 e. The number of carbonyl (C=O) groups excluding carboxylic acids is 1. The molecule has 1 aliphatic carbocycles. The molecule has 1 saturated heterocycles. The van der Waals surface area contributed by atoms with Crippen molar-refractivity contribution in [1.29, 1.82) is 0 Å². The number of nitrogen functional groups attached to an aromatic ring is 1. The average Bonchev–Trinajstić information content (AvgIpc) is 2.71. The fourth-order valence-electron chi connectivity index (χ4n) is 3.94. The molecule has 1 aliphatic heterocycles. The third kappa shape index (κ3) is 2.09. The van der Waals surface area contributed by atoms with Crippen molar-refractivity contribution in [2.45, 2.75) is 51.5 Å². The average molecular weight is 276 g/mol. The molecule has 1 aromatic heterocycles. The molecule has 3 rings (SSSR count). The Balaban J connectivity index is 1.89. The molecular weight excluding hydrogens is 252 g/mol. The third-order valence-corrected chi connectivity index (χ3v) is 4.98. The summed E-state index contributed by atoms with van der Waals surface area (Å²) in [6.45, 7) is 2.72. The van der Waals surface area contributed by atoms with E-state index in [1.54, 1.807) is 11.7 Å². The number of aryl methyl sites for hydroxylation is 2. The lowest BCUT2D eigenvalue weighted by Crippen LogP contribution is -2.50. The Kier molecular flexibility index (Phi) is 3.44. The molecule has 2 N–H and O–H groups in total. The van der Waals surface area contributed by atoms with Gasteiger partial charge in [-0.1, -0.05) is 12.8 Å². The van der Waals surface area contributed by atoms with Gasteiger partial charge < -0.3 is 10.6 Å². The summed E-state index contributed by atoms with van der Waals surface area (Å²) < 4.78 is 1.64. The smallest absolute Gasteiger partial charge is 0.274 e. The van der Waals surface area contributed by atoms with Crippen LogP contribution in [0, 0.1) is 12.8 Å². The van der Waals surface area contributed by atoms with Gasteiger partial charge in [0.15, 0.2) is 0 Å². The normalized spacial score (nSPS) is 26.4. The van der Waals surface area contributed by atoms with Gasteiger partial charge in [-0.2, -0.15) is 5.10 Å². The maximum Gasteiger partial charge on any atom is 0.274 e. The van der Waals surface area contributed by atoms with Crippen LogP contribution in [0.3, 0.4) is 0 Å². The number of hydrogen-bond acceptors (Lipinski definition) is 3. The summed E-state index contributed by atoms with van der Waals surface area (Å²) in [5, 5.41) is 4.27. The second-order valence-electron chi connectivity index (χ2n) is 6.22. The third-order valence-electron chi connectivity index (χ3n) is 4.98. The van der Waals surface area contributed by atoms with Crippen LogP contribution >= 0.6 is 0 Å². The van der Waals surface area contributed by atoms with E-state index in [1.807, 2.05) is 6.92 Å². The summed E-state index contributed by atoms with van der Waals surface area (Å²) in [5.74, 6) is 0.763. The van der Waals surface area contributed by atoms with Gasteiger partial charge in [0.1, 0.15) is 5.69 Å². The minimum absolute atomic E-state index is 0.0715. The molecule has 2 atom stereocenters. The van der Waals surface area contributed by atoms with E-state index in [4.69, 9.17) is 5.73 Å². The van der Waals surface area contributed by atoms with E-state index in [9.17, 15) is 4.79 Å². The first-order valence-corrected chi connectivity index (χ1v) is 7.69. The van der Waals surface area contributed by atoms with Crippen molar-refractivity contribution in [2.24, 2.45) is 13.0 Å². The summed E-state index contributed by atoms with van der Waals surface area (Å²) in [6.07, 6.45) is 7.36. The highest BCUT2D eigenvalue weighted by Gasteiger charge is 2.37. The molecule has 1 amide bonds. The van der Waals surface area contributed by atoms with E-state index in [1.165, 1.54) is 25.7 Å². The highest BCUT2D eigenvalue weighted by molar-refractivity contribution is 5.98. The Bertz CT molecular complexity index is 520. The number of rotatable bonds is 1. The van der Waals surface area contributed by atoms with Crippen molar-refractivity contribution >= 4 is 11.6 Å². The predicted octanol–water partition coefficient (Wildman–Crippen LogP) is 2.11. The second-order valence-corrected chi connectivity index (χ2v) is 6.22. The molecule has 1 saturated carbocycles. The Hall–Kier alpha value is -1.52. The van der Waals surface area contributed by atoms with E-state index in [-0.39, 0.29) is 5.91 Å². The lowest BCUT2D eigenvalue weighted by atomic mass is 9.78. The van der Waals surface area contributed by atoms with Crippen LogP contribution in [0.25, 0.3) is 0 Å². The molecule has 5 nitrogen and oxygen atoms in total. The van der Waals surface area contributed by atoms with Crippen LogP contribution in [0.2, 0.25) is 0 Å². The quantitative estimate of drug-likeness (QED) is 0.854. The molecule has 2 fully saturated rings. The van der Waals surface area contributed by atoms with E-state index in [2.05, 4.69) is 10.00 Å². The standard InChI is InChI=1S/C15H24N4O/c1-10-13(16)14(18(2)17-10)15(20)19-9-5-7-11-6-3-4-8-12(11)19/h11-12H,3-9,16H2,1-2H3. The van der Waals surface area contributed by atoms with Crippen molar-refractivity contribution in [1.82, 2.24) is 14.7 Å². The van der Waals surface area contributed by atoms with Gasteiger partial charge in [-0.15, -0.1) is 0 Å². The molecule has 2 heterocycles. The van der Waals surface area contributed by atoms with Crippen LogP contribution in [0.4, 0.5) is 5.69 Å². The number of hydrogen-bond donors (Lipinski definition) is 1. The number of nitrogens with two attached hydrogens (primary N) is 1. The highest BCUT2D eigenvalue weighted by atomic mass is 16.2. The topological polar surface area (TPSA) is 64.2 Å². The SMILES string of the molecule is Cc1nn(C)c(C(=O)N2CCCC3CCCCC32)c1N. The molecule has 1 aromatic rings. The van der Waals surface area contributed by atoms with Crippen molar-refractivity contribution in [3.63, 3.8) is 0 Å². The minimum atomic E-state index is 0.0715. The van der Waals surface area contributed by atoms with Crippen molar-refractivity contribution < 1.29 is 4.79 Å². The molecule has 110 valence electrons. The van der Waals surface area contributed by atoms with Crippen LogP contribution in [-0.2, 0) is 7.05 Å². The van der Waals surface area contributed by atoms with Gasteiger partial charge in [-0.05, 0) is 38.5 Å². The monoisotopic (exact) mass is 276 g/mol. The molecule has 0 bridgehead atoms. The molecule has 2 aliphatic rings. The van der Waals surface area contributed by atoms with Gasteiger partial charge in [-0.3, -0.25) is 9.48 Å². The van der Waals surface area contributed by atoms with Gasteiger partial charge >= 0.3 is 0 Å². The second kappa shape index (κ2) is 5.11. The van der Waals surface area contributed by atoms with E-state index >= 15 is 0 Å². The summed E-state index contributed by atoms with van der Waals surface area (Å²) in [6, 6.07) is 0.416. The number of anilines is 1. The maximum absolute atomic E-state index is 12.9. The Morgan fingerprint density at radius 2 is 1.95 bits per heavy atom. The van der Waals surface area contributed by atoms with Gasteiger partial charge in [0, 0.05) is 19.6 Å². The van der Waals surface area contributed by atoms with Gasteiger partial charge in [0.25, 0.3) is 5.91 Å². The van der Waals surface area contributed by atoms with E-state index < -0.39 is 0 Å². The largest absolute Gasteiger partial charge is 0.395 e. The van der Waals surface area contributed by atoms with Crippen molar-refractivity contribution in [3.8, 4) is 0 Å². The molecule has 5 heteroatoms. The summed E-state index contributed by atoms with van der Waals surface area (Å²) in [7, 11) is 1.80. The van der Waals surface area contributed by atoms with Gasteiger partial charge in [-0.25, -0.2) is 0 Å². The van der Waals surface area contributed by atoms with Crippen LogP contribution in [-0.4, -0.2) is 33.2 Å². The fraction of sp³-hybridized carbons (Fsp3) is 0.733. The van der Waals surface area contributed by atoms with Crippen LogP contribution in [0.1, 0.15) is 54.7 Å². The maximum atomic E-state index is 12.9. The number of amides is 1. The first kappa shape index (κ1) is 13.5. The van der Waals surface area contributed by atoms with Crippen LogP contribution < -0.4 is 5.73 Å². The number of aromatic nitrogens is 2. The Labute approximate surface area is 120 Å². The number of fused-ring (bicyclic) bond motifs is 1. The number of nitrogens with zero attached hydrogens (tertiary/aromatic N) is 3. The van der Waals surface area contributed by atoms with Crippen LogP contribution in [0.5, 0.6) is 0 Å². The van der Waals surface area contributed by atoms with Crippen molar-refractivity contribution in [2.75, 3.05) is 12.3 Å². The molecule has 20 heavy (non-hydrogen) atoms. The fourth-order valence-corrected chi connectivity index (χ4v) is 3.94. The first-order valence-electron chi connectivity index (χ1n) is 7.69. The number of likely N-dealkylation sites (tertiary alicyclic amines) is 1. The summed E-state index contributed by atoms with van der Waals surface area (Å²) >= 11 is 0. The molecular formula is C15H24N4O. The lowest BCUT2D eigenvalue weighted by Gasteiger charge is -2.44. The van der Waals surface area contributed by atoms with E-state index in [0.717, 1.165) is 25.1 Å². The first-order chi connectivity index (χ1) is 9.59. The predicted molar refractivity (Wildman–Crippen MR) is 78.4 cm³/mol. The molecule has 0 spiro atoms. The zero-order valence-electron chi connectivity index (χ0n) is 12.4. The van der Waals surface area contributed by atoms with Gasteiger partial charge in [0.2, 0.25) is 0 Å². The lowest BCUT2D eigenvalue weighted by molar-refractivity contribution is 0.0382. The van der Waals surface area contributed by atoms with E-state index in [0.29, 0.717) is 23.3 Å².